The van der Waals surface area contributed by atoms with Crippen molar-refractivity contribution < 1.29 is 4.79 Å². The normalized spacial score (nSPS) is 11.1. The van der Waals surface area contributed by atoms with E-state index in [4.69, 9.17) is 4.98 Å². The Hall–Kier alpha value is -2.25. The lowest BCUT2D eigenvalue weighted by molar-refractivity contribution is 0.0955. The third-order valence-electron chi connectivity index (χ3n) is 3.82. The Morgan fingerprint density at radius 3 is 2.92 bits per heavy atom. The molecule has 6 nitrogen and oxygen atoms in total. The zero-order valence-electron chi connectivity index (χ0n) is 14.1. The zero-order chi connectivity index (χ0) is 17.1. The molecule has 0 aliphatic rings. The fourth-order valence-electron chi connectivity index (χ4n) is 2.71. The molecule has 2 N–H and O–H groups in total. The van der Waals surface area contributed by atoms with Crippen molar-refractivity contribution in [2.75, 3.05) is 19.6 Å². The van der Waals surface area contributed by atoms with Crippen LogP contribution < -0.4 is 10.6 Å². The topological polar surface area (TPSA) is 71.8 Å². The SMILES string of the molecule is CCNCCNC(=O)c1cc(-c2cccs2)nc2c1c(C)nn2C. The van der Waals surface area contributed by atoms with Gasteiger partial charge in [-0.25, -0.2) is 4.98 Å². The first-order valence-corrected chi connectivity index (χ1v) is 8.87. The first kappa shape index (κ1) is 16.6. The molecule has 126 valence electrons. The number of nitrogens with zero attached hydrogens (tertiary/aromatic N) is 3. The molecule has 24 heavy (non-hydrogen) atoms. The summed E-state index contributed by atoms with van der Waals surface area (Å²) in [7, 11) is 1.85. The molecule has 0 fully saturated rings. The van der Waals surface area contributed by atoms with Gasteiger partial charge >= 0.3 is 0 Å². The van der Waals surface area contributed by atoms with E-state index in [1.165, 1.54) is 0 Å². The smallest absolute Gasteiger partial charge is 0.252 e. The van der Waals surface area contributed by atoms with Gasteiger partial charge in [-0.15, -0.1) is 11.3 Å². The molecular formula is C17H21N5OS. The van der Waals surface area contributed by atoms with E-state index in [9.17, 15) is 4.79 Å². The number of thiophene rings is 1. The molecule has 0 atom stereocenters. The van der Waals surface area contributed by atoms with Gasteiger partial charge in [0, 0.05) is 20.1 Å². The van der Waals surface area contributed by atoms with Crippen molar-refractivity contribution in [3.8, 4) is 10.6 Å². The minimum absolute atomic E-state index is 0.0887. The van der Waals surface area contributed by atoms with E-state index in [2.05, 4.69) is 15.7 Å². The molecule has 3 heterocycles. The van der Waals surface area contributed by atoms with Crippen LogP contribution in [-0.2, 0) is 7.05 Å². The minimum Gasteiger partial charge on any atom is -0.351 e. The Labute approximate surface area is 144 Å². The molecule has 0 radical (unpaired) electrons. The van der Waals surface area contributed by atoms with Gasteiger partial charge in [0.05, 0.1) is 27.2 Å². The lowest BCUT2D eigenvalue weighted by Crippen LogP contribution is -2.31. The summed E-state index contributed by atoms with van der Waals surface area (Å²) in [5, 5.41) is 13.4. The van der Waals surface area contributed by atoms with E-state index in [0.717, 1.165) is 40.4 Å². The number of pyridine rings is 1. The van der Waals surface area contributed by atoms with Gasteiger partial charge in [-0.3, -0.25) is 9.48 Å². The van der Waals surface area contributed by atoms with E-state index in [1.807, 2.05) is 44.5 Å². The molecule has 0 saturated heterocycles. The van der Waals surface area contributed by atoms with Gasteiger partial charge in [-0.1, -0.05) is 13.0 Å². The molecule has 3 aromatic heterocycles. The maximum atomic E-state index is 12.7. The van der Waals surface area contributed by atoms with E-state index >= 15 is 0 Å². The number of amides is 1. The van der Waals surface area contributed by atoms with E-state index in [1.54, 1.807) is 16.0 Å². The highest BCUT2D eigenvalue weighted by molar-refractivity contribution is 7.13. The second-order valence-corrected chi connectivity index (χ2v) is 6.50. The van der Waals surface area contributed by atoms with Crippen LogP contribution in [0.15, 0.2) is 23.6 Å². The summed E-state index contributed by atoms with van der Waals surface area (Å²) in [5.74, 6) is -0.0887. The highest BCUT2D eigenvalue weighted by atomic mass is 32.1. The summed E-state index contributed by atoms with van der Waals surface area (Å²) in [6.45, 7) is 6.18. The molecule has 0 bridgehead atoms. The van der Waals surface area contributed by atoms with Crippen LogP contribution in [0.25, 0.3) is 21.6 Å². The van der Waals surface area contributed by atoms with Crippen LogP contribution in [0.2, 0.25) is 0 Å². The quantitative estimate of drug-likeness (QED) is 0.674. The van der Waals surface area contributed by atoms with Gasteiger partial charge in [0.2, 0.25) is 0 Å². The van der Waals surface area contributed by atoms with Crippen molar-refractivity contribution in [1.82, 2.24) is 25.4 Å². The molecule has 0 spiro atoms. The number of fused-ring (bicyclic) bond motifs is 1. The number of hydrogen-bond acceptors (Lipinski definition) is 5. The Bertz CT molecular complexity index is 854. The van der Waals surface area contributed by atoms with Gasteiger partial charge in [0.25, 0.3) is 5.91 Å². The Balaban J connectivity index is 2.02. The predicted octanol–water partition coefficient (Wildman–Crippen LogP) is 2.34. The van der Waals surface area contributed by atoms with Crippen molar-refractivity contribution in [2.24, 2.45) is 7.05 Å². The third-order valence-corrected chi connectivity index (χ3v) is 4.72. The Morgan fingerprint density at radius 2 is 2.21 bits per heavy atom. The summed E-state index contributed by atoms with van der Waals surface area (Å²) >= 11 is 1.61. The number of rotatable bonds is 6. The lowest BCUT2D eigenvalue weighted by atomic mass is 10.1. The maximum Gasteiger partial charge on any atom is 0.252 e. The van der Waals surface area contributed by atoms with Crippen molar-refractivity contribution in [2.45, 2.75) is 13.8 Å². The van der Waals surface area contributed by atoms with Crippen LogP contribution in [0.4, 0.5) is 0 Å². The van der Waals surface area contributed by atoms with Crippen LogP contribution in [0.1, 0.15) is 23.0 Å². The lowest BCUT2D eigenvalue weighted by Gasteiger charge is -2.09. The molecule has 1 amide bonds. The Morgan fingerprint density at radius 1 is 1.38 bits per heavy atom. The number of aromatic nitrogens is 3. The molecule has 0 aliphatic carbocycles. The standard InChI is InChI=1S/C17H21N5OS/c1-4-18-7-8-19-17(23)12-10-13(14-6-5-9-24-14)20-16-15(12)11(2)21-22(16)3/h5-6,9-10,18H,4,7-8H2,1-3H3,(H,19,23). The number of carbonyl (C=O) groups excluding carboxylic acids is 1. The zero-order valence-corrected chi connectivity index (χ0v) is 14.9. The average molecular weight is 343 g/mol. The van der Waals surface area contributed by atoms with Gasteiger partial charge in [-0.05, 0) is 31.0 Å². The molecule has 3 aromatic rings. The molecule has 0 aliphatic heterocycles. The van der Waals surface area contributed by atoms with Crippen LogP contribution in [0, 0.1) is 6.92 Å². The molecule has 0 saturated carbocycles. The van der Waals surface area contributed by atoms with Crippen LogP contribution in [0.5, 0.6) is 0 Å². The highest BCUT2D eigenvalue weighted by Gasteiger charge is 2.19. The summed E-state index contributed by atoms with van der Waals surface area (Å²) < 4.78 is 1.73. The van der Waals surface area contributed by atoms with E-state index in [0.29, 0.717) is 12.1 Å². The second kappa shape index (κ2) is 7.11. The number of carbonyl (C=O) groups is 1. The van der Waals surface area contributed by atoms with Crippen molar-refractivity contribution in [3.63, 3.8) is 0 Å². The highest BCUT2D eigenvalue weighted by Crippen LogP contribution is 2.29. The van der Waals surface area contributed by atoms with Gasteiger partial charge in [-0.2, -0.15) is 5.10 Å². The van der Waals surface area contributed by atoms with Crippen molar-refractivity contribution in [1.29, 1.82) is 0 Å². The average Bonchev–Trinajstić information content (AvgIpc) is 3.20. The minimum atomic E-state index is -0.0887. The van der Waals surface area contributed by atoms with Crippen molar-refractivity contribution >= 4 is 28.3 Å². The summed E-state index contributed by atoms with van der Waals surface area (Å²) in [6.07, 6.45) is 0. The summed E-state index contributed by atoms with van der Waals surface area (Å²) in [4.78, 5) is 18.5. The summed E-state index contributed by atoms with van der Waals surface area (Å²) in [6, 6.07) is 5.86. The van der Waals surface area contributed by atoms with Gasteiger partial charge in [0.15, 0.2) is 5.65 Å². The van der Waals surface area contributed by atoms with Gasteiger partial charge < -0.3 is 10.6 Å². The number of nitrogens with one attached hydrogen (secondary N) is 2. The van der Waals surface area contributed by atoms with Crippen LogP contribution >= 0.6 is 11.3 Å². The largest absolute Gasteiger partial charge is 0.351 e. The van der Waals surface area contributed by atoms with Gasteiger partial charge in [0.1, 0.15) is 0 Å². The predicted molar refractivity (Wildman–Crippen MR) is 97.4 cm³/mol. The second-order valence-electron chi connectivity index (χ2n) is 5.55. The van der Waals surface area contributed by atoms with Crippen LogP contribution in [-0.4, -0.2) is 40.3 Å². The number of likely N-dealkylation sites (N-methyl/N-ethyl adjacent to an activating group) is 1. The Kier molecular flexibility index (Phi) is 4.92. The number of hydrogen-bond donors (Lipinski definition) is 2. The summed E-state index contributed by atoms with van der Waals surface area (Å²) in [5.41, 5.74) is 2.98. The number of aryl methyl sites for hydroxylation is 2. The first-order valence-electron chi connectivity index (χ1n) is 7.99. The molecular weight excluding hydrogens is 322 g/mol. The third kappa shape index (κ3) is 3.18. The van der Waals surface area contributed by atoms with Crippen LogP contribution in [0.3, 0.4) is 0 Å². The fraction of sp³-hybridized carbons (Fsp3) is 0.353. The maximum absolute atomic E-state index is 12.7. The first-order chi connectivity index (χ1) is 11.6. The van der Waals surface area contributed by atoms with E-state index < -0.39 is 0 Å². The molecule has 0 aromatic carbocycles. The molecule has 7 heteroatoms. The fourth-order valence-corrected chi connectivity index (χ4v) is 3.40. The monoisotopic (exact) mass is 343 g/mol. The van der Waals surface area contributed by atoms with E-state index in [-0.39, 0.29) is 5.91 Å². The van der Waals surface area contributed by atoms with Crippen molar-refractivity contribution in [3.05, 3.63) is 34.8 Å². The molecule has 3 rings (SSSR count). The molecule has 0 unspecified atom stereocenters.